The number of benzene rings is 1. The van der Waals surface area contributed by atoms with Crippen LogP contribution in [0.5, 0.6) is 0 Å². The molecule has 0 radical (unpaired) electrons. The summed E-state index contributed by atoms with van der Waals surface area (Å²) >= 11 is 3.39. The minimum Gasteiger partial charge on any atom is -0.377 e. The zero-order valence-electron chi connectivity index (χ0n) is 12.1. The molecule has 0 aliphatic rings. The number of hydrogen-bond acceptors (Lipinski definition) is 2. The number of ether oxygens (including phenoxy) is 1. The zero-order valence-corrected chi connectivity index (χ0v) is 13.7. The first-order valence-corrected chi connectivity index (χ1v) is 7.48. The topological polar surface area (TPSA) is 21.3 Å². The van der Waals surface area contributed by atoms with E-state index in [2.05, 4.69) is 35.1 Å². The summed E-state index contributed by atoms with van der Waals surface area (Å²) in [6, 6.07) is 5.14. The number of hydrogen-bond donors (Lipinski definition) is 1. The minimum atomic E-state index is -0.260. The Labute approximate surface area is 123 Å². The maximum absolute atomic E-state index is 13.9. The Morgan fingerprint density at radius 3 is 2.47 bits per heavy atom. The van der Waals surface area contributed by atoms with Crippen molar-refractivity contribution in [1.29, 1.82) is 0 Å². The van der Waals surface area contributed by atoms with Crippen LogP contribution in [-0.4, -0.2) is 25.8 Å². The predicted molar refractivity (Wildman–Crippen MR) is 81.0 cm³/mol. The Kier molecular flexibility index (Phi) is 6.43. The van der Waals surface area contributed by atoms with Gasteiger partial charge >= 0.3 is 0 Å². The van der Waals surface area contributed by atoms with Gasteiger partial charge in [0.15, 0.2) is 0 Å². The van der Waals surface area contributed by atoms with E-state index in [0.717, 1.165) is 17.3 Å². The molecule has 4 heteroatoms. The second-order valence-electron chi connectivity index (χ2n) is 4.76. The fourth-order valence-electron chi connectivity index (χ4n) is 2.64. The lowest BCUT2D eigenvalue weighted by Gasteiger charge is -2.38. The predicted octanol–water partition coefficient (Wildman–Crippen LogP) is 3.92. The summed E-state index contributed by atoms with van der Waals surface area (Å²) in [5, 5.41) is 3.28. The Bertz CT molecular complexity index is 399. The second-order valence-corrected chi connectivity index (χ2v) is 5.67. The van der Waals surface area contributed by atoms with E-state index in [4.69, 9.17) is 4.74 Å². The van der Waals surface area contributed by atoms with Crippen molar-refractivity contribution in [3.05, 3.63) is 34.1 Å². The Morgan fingerprint density at radius 1 is 1.37 bits per heavy atom. The number of methoxy groups -OCH3 is 1. The van der Waals surface area contributed by atoms with Crippen molar-refractivity contribution in [2.45, 2.75) is 44.8 Å². The molecule has 1 aromatic carbocycles. The summed E-state index contributed by atoms with van der Waals surface area (Å²) in [5.74, 6) is -0.166. The molecular formula is C15H23BrFNO. The van der Waals surface area contributed by atoms with Crippen molar-refractivity contribution in [1.82, 2.24) is 5.32 Å². The summed E-state index contributed by atoms with van der Waals surface area (Å²) in [6.45, 7) is 4.21. The summed E-state index contributed by atoms with van der Waals surface area (Å²) in [4.78, 5) is 0. The first-order valence-electron chi connectivity index (χ1n) is 6.69. The molecule has 0 saturated carbocycles. The second kappa shape index (κ2) is 7.36. The average molecular weight is 332 g/mol. The van der Waals surface area contributed by atoms with Crippen LogP contribution in [0.4, 0.5) is 4.39 Å². The van der Waals surface area contributed by atoms with E-state index in [-0.39, 0.29) is 17.5 Å². The fraction of sp³-hybridized carbons (Fsp3) is 0.600. The Morgan fingerprint density at radius 2 is 2.00 bits per heavy atom. The molecule has 0 aliphatic heterocycles. The van der Waals surface area contributed by atoms with E-state index in [1.165, 1.54) is 6.07 Å². The quantitative estimate of drug-likeness (QED) is 0.817. The van der Waals surface area contributed by atoms with Gasteiger partial charge in [-0.3, -0.25) is 0 Å². The molecule has 0 heterocycles. The molecule has 19 heavy (non-hydrogen) atoms. The number of halogens is 2. The lowest BCUT2D eigenvalue weighted by Crippen LogP contribution is -2.51. The van der Waals surface area contributed by atoms with Crippen molar-refractivity contribution in [3.8, 4) is 0 Å². The van der Waals surface area contributed by atoms with Crippen LogP contribution in [0, 0.1) is 5.82 Å². The molecule has 1 N–H and O–H groups in total. The molecule has 108 valence electrons. The fourth-order valence-corrected chi connectivity index (χ4v) is 3.05. The highest BCUT2D eigenvalue weighted by Crippen LogP contribution is 2.28. The van der Waals surface area contributed by atoms with Crippen LogP contribution >= 0.6 is 15.9 Å². The minimum absolute atomic E-state index is 0.0799. The van der Waals surface area contributed by atoms with Gasteiger partial charge in [0.2, 0.25) is 0 Å². The van der Waals surface area contributed by atoms with Gasteiger partial charge < -0.3 is 10.1 Å². The van der Waals surface area contributed by atoms with Crippen molar-refractivity contribution < 1.29 is 9.13 Å². The number of rotatable bonds is 7. The van der Waals surface area contributed by atoms with E-state index < -0.39 is 0 Å². The molecule has 0 bridgehead atoms. The Balaban J connectivity index is 3.01. The van der Waals surface area contributed by atoms with Crippen molar-refractivity contribution in [3.63, 3.8) is 0 Å². The van der Waals surface area contributed by atoms with Crippen LogP contribution in [-0.2, 0) is 11.2 Å². The highest BCUT2D eigenvalue weighted by Gasteiger charge is 2.35. The van der Waals surface area contributed by atoms with Crippen LogP contribution < -0.4 is 5.32 Å². The summed E-state index contributed by atoms with van der Waals surface area (Å²) < 4.78 is 20.5. The lowest BCUT2D eigenvalue weighted by atomic mass is 9.84. The SMILES string of the molecule is CCC(CC)(OC)C(Cc1cc(Br)ccc1F)NC. The number of nitrogens with one attached hydrogen (secondary N) is 1. The molecule has 1 aromatic rings. The zero-order chi connectivity index (χ0) is 14.5. The van der Waals surface area contributed by atoms with Crippen LogP contribution in [0.1, 0.15) is 32.3 Å². The van der Waals surface area contributed by atoms with Gasteiger partial charge in [-0.05, 0) is 50.1 Å². The maximum atomic E-state index is 13.9. The largest absolute Gasteiger partial charge is 0.377 e. The first-order chi connectivity index (χ1) is 9.02. The maximum Gasteiger partial charge on any atom is 0.126 e. The van der Waals surface area contributed by atoms with Gasteiger partial charge in [0, 0.05) is 17.6 Å². The molecule has 1 rings (SSSR count). The van der Waals surface area contributed by atoms with Crippen LogP contribution in [0.25, 0.3) is 0 Å². The van der Waals surface area contributed by atoms with Gasteiger partial charge in [-0.2, -0.15) is 0 Å². The summed E-state index contributed by atoms with van der Waals surface area (Å²) in [5.41, 5.74) is 0.445. The molecule has 1 unspecified atom stereocenters. The van der Waals surface area contributed by atoms with E-state index in [1.807, 2.05) is 13.1 Å². The van der Waals surface area contributed by atoms with Crippen molar-refractivity contribution >= 4 is 15.9 Å². The lowest BCUT2D eigenvalue weighted by molar-refractivity contribution is -0.0456. The third-order valence-electron chi connectivity index (χ3n) is 4.02. The van der Waals surface area contributed by atoms with Crippen LogP contribution in [0.15, 0.2) is 22.7 Å². The summed E-state index contributed by atoms with van der Waals surface area (Å²) in [7, 11) is 3.63. The van der Waals surface area contributed by atoms with Gasteiger partial charge in [-0.1, -0.05) is 29.8 Å². The van der Waals surface area contributed by atoms with Gasteiger partial charge in [0.1, 0.15) is 5.82 Å². The van der Waals surface area contributed by atoms with E-state index in [1.54, 1.807) is 13.2 Å². The standard InChI is InChI=1S/C15H23BrFNO/c1-5-15(6-2,19-4)14(18-3)10-11-9-12(16)7-8-13(11)17/h7-9,14,18H,5-6,10H2,1-4H3. The average Bonchev–Trinajstić information content (AvgIpc) is 2.43. The first kappa shape index (κ1) is 16.6. The van der Waals surface area contributed by atoms with Crippen LogP contribution in [0.2, 0.25) is 0 Å². The van der Waals surface area contributed by atoms with Crippen LogP contribution in [0.3, 0.4) is 0 Å². The molecule has 0 aromatic heterocycles. The summed E-state index contributed by atoms with van der Waals surface area (Å²) in [6.07, 6.45) is 2.39. The normalized spacial score (nSPS) is 13.6. The molecular weight excluding hydrogens is 309 g/mol. The molecule has 2 nitrogen and oxygen atoms in total. The smallest absolute Gasteiger partial charge is 0.126 e. The molecule has 0 fully saturated rings. The van der Waals surface area contributed by atoms with Gasteiger partial charge in [-0.25, -0.2) is 4.39 Å². The highest BCUT2D eigenvalue weighted by molar-refractivity contribution is 9.10. The van der Waals surface area contributed by atoms with Gasteiger partial charge in [0.25, 0.3) is 0 Å². The molecule has 0 aliphatic carbocycles. The van der Waals surface area contributed by atoms with E-state index in [9.17, 15) is 4.39 Å². The molecule has 1 atom stereocenters. The third kappa shape index (κ3) is 3.77. The van der Waals surface area contributed by atoms with Gasteiger partial charge in [-0.15, -0.1) is 0 Å². The van der Waals surface area contributed by atoms with Gasteiger partial charge in [0.05, 0.1) is 5.60 Å². The molecule has 0 spiro atoms. The van der Waals surface area contributed by atoms with E-state index >= 15 is 0 Å². The van der Waals surface area contributed by atoms with E-state index in [0.29, 0.717) is 12.0 Å². The third-order valence-corrected chi connectivity index (χ3v) is 4.51. The molecule has 0 saturated heterocycles. The Hall–Kier alpha value is -0.450. The van der Waals surface area contributed by atoms with Crippen molar-refractivity contribution in [2.75, 3.05) is 14.2 Å². The van der Waals surface area contributed by atoms with Crippen molar-refractivity contribution in [2.24, 2.45) is 0 Å². The number of likely N-dealkylation sites (N-methyl/N-ethyl adjacent to an activating group) is 1. The molecule has 0 amide bonds. The monoisotopic (exact) mass is 331 g/mol. The highest BCUT2D eigenvalue weighted by atomic mass is 79.9.